The number of ether oxygens (including phenoxy) is 3. The second-order valence-corrected chi connectivity index (χ2v) is 11.6. The van der Waals surface area contributed by atoms with Gasteiger partial charge in [-0.2, -0.15) is 0 Å². The Kier molecular flexibility index (Phi) is 9.80. The second-order valence-electron chi connectivity index (χ2n) is 11.6. The van der Waals surface area contributed by atoms with E-state index in [1.165, 1.54) is 0 Å². The molecule has 2 fully saturated rings. The van der Waals surface area contributed by atoms with Crippen molar-refractivity contribution in [1.29, 1.82) is 0 Å². The van der Waals surface area contributed by atoms with Gasteiger partial charge in [-0.1, -0.05) is 91.9 Å². The third kappa shape index (κ3) is 7.26. The van der Waals surface area contributed by atoms with E-state index in [-0.39, 0.29) is 30.6 Å². The normalized spacial score (nSPS) is 22.4. The summed E-state index contributed by atoms with van der Waals surface area (Å²) in [6, 6.07) is 33.9. The summed E-state index contributed by atoms with van der Waals surface area (Å²) < 4.78 is 18.9. The molecule has 0 aliphatic carbocycles. The summed E-state index contributed by atoms with van der Waals surface area (Å²) in [7, 11) is 0. The van der Waals surface area contributed by atoms with Gasteiger partial charge >= 0.3 is 0 Å². The summed E-state index contributed by atoms with van der Waals surface area (Å²) in [6.45, 7) is 6.78. The molecule has 2 N–H and O–H groups in total. The van der Waals surface area contributed by atoms with Crippen LogP contribution >= 0.6 is 0 Å². The summed E-state index contributed by atoms with van der Waals surface area (Å²) in [5, 5.41) is 12.5. The fraction of sp³-hybridized carbons (Fsp3) is 0.324. The van der Waals surface area contributed by atoms with E-state index in [0.717, 1.165) is 66.2 Å². The number of aliphatic hydroxyl groups is 1. The van der Waals surface area contributed by atoms with Gasteiger partial charge in [-0.15, -0.1) is 0 Å². The Morgan fingerprint density at radius 3 is 2.27 bits per heavy atom. The number of benzene rings is 4. The average molecular weight is 593 g/mol. The van der Waals surface area contributed by atoms with E-state index in [4.69, 9.17) is 14.2 Å². The van der Waals surface area contributed by atoms with E-state index in [1.807, 2.05) is 54.6 Å². The Labute approximate surface area is 259 Å². The highest BCUT2D eigenvalue weighted by atomic mass is 16.7. The van der Waals surface area contributed by atoms with Crippen LogP contribution in [-0.2, 0) is 27.4 Å². The Morgan fingerprint density at radius 2 is 1.55 bits per heavy atom. The number of nitrogens with one attached hydrogen (secondary N) is 1. The highest BCUT2D eigenvalue weighted by molar-refractivity contribution is 5.94. The maximum Gasteiger partial charge on any atom is 0.251 e. The molecule has 2 aliphatic rings. The number of morpholine rings is 1. The van der Waals surface area contributed by atoms with Gasteiger partial charge in [0.25, 0.3) is 5.91 Å². The van der Waals surface area contributed by atoms with Gasteiger partial charge in [-0.25, -0.2) is 0 Å². The molecule has 0 radical (unpaired) electrons. The van der Waals surface area contributed by atoms with Crippen LogP contribution in [0.1, 0.15) is 51.9 Å². The quantitative estimate of drug-likeness (QED) is 0.252. The minimum atomic E-state index is -0.506. The fourth-order valence-electron chi connectivity index (χ4n) is 5.93. The number of nitrogens with zero attached hydrogens (tertiary/aromatic N) is 1. The molecule has 2 aliphatic heterocycles. The van der Waals surface area contributed by atoms with Gasteiger partial charge in [0.1, 0.15) is 0 Å². The molecule has 7 nitrogen and oxygen atoms in total. The van der Waals surface area contributed by atoms with E-state index >= 15 is 0 Å². The number of aliphatic hydroxyl groups excluding tert-OH is 1. The molecule has 228 valence electrons. The summed E-state index contributed by atoms with van der Waals surface area (Å²) in [5.74, 6) is 0.0511. The first kappa shape index (κ1) is 30.2. The van der Waals surface area contributed by atoms with Crippen LogP contribution < -0.4 is 5.32 Å². The van der Waals surface area contributed by atoms with Gasteiger partial charge in [0.15, 0.2) is 6.29 Å². The van der Waals surface area contributed by atoms with Gasteiger partial charge in [0.2, 0.25) is 0 Å². The molecule has 4 atom stereocenters. The molecule has 4 aromatic carbocycles. The molecular weight excluding hydrogens is 552 g/mol. The van der Waals surface area contributed by atoms with E-state index in [9.17, 15) is 9.90 Å². The van der Waals surface area contributed by atoms with Crippen molar-refractivity contribution in [2.75, 3.05) is 32.8 Å². The summed E-state index contributed by atoms with van der Waals surface area (Å²) >= 11 is 0. The van der Waals surface area contributed by atoms with Crippen molar-refractivity contribution in [3.05, 3.63) is 131 Å². The number of rotatable bonds is 9. The van der Waals surface area contributed by atoms with Crippen LogP contribution in [0.5, 0.6) is 0 Å². The molecule has 1 amide bonds. The molecule has 2 heterocycles. The minimum Gasteiger partial charge on any atom is -0.392 e. The molecule has 0 spiro atoms. The number of amides is 1. The molecule has 0 saturated carbocycles. The van der Waals surface area contributed by atoms with Gasteiger partial charge in [0.05, 0.1) is 32.0 Å². The summed E-state index contributed by atoms with van der Waals surface area (Å²) in [4.78, 5) is 14.9. The van der Waals surface area contributed by atoms with Crippen LogP contribution in [0.25, 0.3) is 11.1 Å². The molecule has 0 bridgehead atoms. The molecule has 0 unspecified atom stereocenters. The van der Waals surface area contributed by atoms with Crippen LogP contribution in [0.4, 0.5) is 0 Å². The van der Waals surface area contributed by atoms with Crippen molar-refractivity contribution >= 4 is 5.91 Å². The number of carbonyl (C=O) groups is 1. The summed E-state index contributed by atoms with van der Waals surface area (Å²) in [6.07, 6.45) is -0.667. The van der Waals surface area contributed by atoms with Crippen molar-refractivity contribution < 1.29 is 24.1 Å². The third-order valence-corrected chi connectivity index (χ3v) is 8.60. The van der Waals surface area contributed by atoms with E-state index in [1.54, 1.807) is 0 Å². The van der Waals surface area contributed by atoms with Gasteiger partial charge in [-0.05, 0) is 46.0 Å². The van der Waals surface area contributed by atoms with Crippen molar-refractivity contribution in [2.24, 2.45) is 5.92 Å². The lowest BCUT2D eigenvalue weighted by Crippen LogP contribution is -2.47. The number of hydrogen-bond acceptors (Lipinski definition) is 6. The molecular formula is C37H40N2O5. The van der Waals surface area contributed by atoms with Crippen LogP contribution in [0, 0.1) is 5.92 Å². The van der Waals surface area contributed by atoms with Gasteiger partial charge in [0, 0.05) is 43.2 Å². The van der Waals surface area contributed by atoms with Crippen LogP contribution in [0.2, 0.25) is 0 Å². The van der Waals surface area contributed by atoms with E-state index in [0.29, 0.717) is 12.1 Å². The molecule has 44 heavy (non-hydrogen) atoms. The lowest BCUT2D eigenvalue weighted by molar-refractivity contribution is -0.277. The lowest BCUT2D eigenvalue weighted by Gasteiger charge is -2.43. The standard InChI is InChI=1S/C37H40N2O5/c1-26-34(24-39-18-20-42-21-19-39)43-37(44-35(26)30-12-10-27(25-40)11-13-30)32-16-14-29(15-17-32)33-9-5-6-28(22-33)23-38-36(41)31-7-3-2-4-8-31/h2-17,22,26,34-35,37,40H,18-21,23-25H2,1H3,(H,38,41)/t26-,34+,35+,37+/m1/s1. The monoisotopic (exact) mass is 592 g/mol. The second kappa shape index (κ2) is 14.3. The first-order valence-corrected chi connectivity index (χ1v) is 15.4. The maximum atomic E-state index is 12.5. The maximum absolute atomic E-state index is 12.5. The van der Waals surface area contributed by atoms with Crippen LogP contribution in [-0.4, -0.2) is 54.9 Å². The Morgan fingerprint density at radius 1 is 0.818 bits per heavy atom. The molecule has 7 heteroatoms. The van der Waals surface area contributed by atoms with Crippen LogP contribution in [0.15, 0.2) is 103 Å². The van der Waals surface area contributed by atoms with Crippen molar-refractivity contribution in [1.82, 2.24) is 10.2 Å². The number of hydrogen-bond donors (Lipinski definition) is 2. The Balaban J connectivity index is 1.17. The predicted octanol–water partition coefficient (Wildman–Crippen LogP) is 5.90. The molecule has 6 rings (SSSR count). The average Bonchev–Trinajstić information content (AvgIpc) is 3.09. The van der Waals surface area contributed by atoms with Gasteiger partial charge < -0.3 is 24.6 Å². The molecule has 2 saturated heterocycles. The first-order valence-electron chi connectivity index (χ1n) is 15.4. The van der Waals surface area contributed by atoms with Crippen molar-refractivity contribution in [2.45, 2.75) is 38.6 Å². The molecule has 4 aromatic rings. The zero-order chi connectivity index (χ0) is 30.3. The summed E-state index contributed by atoms with van der Waals surface area (Å²) in [5.41, 5.74) is 6.78. The highest BCUT2D eigenvalue weighted by Gasteiger charge is 2.39. The van der Waals surface area contributed by atoms with E-state index < -0.39 is 6.29 Å². The third-order valence-electron chi connectivity index (χ3n) is 8.60. The SMILES string of the molecule is C[C@@H]1[C@H](CN2CCOCC2)O[C@H](c2ccc(-c3cccc(CNC(=O)c4ccccc4)c3)cc2)O[C@@H]1c1ccc(CO)cc1. The minimum absolute atomic E-state index is 0.0168. The lowest BCUT2D eigenvalue weighted by atomic mass is 9.90. The largest absolute Gasteiger partial charge is 0.392 e. The Hall–Kier alpha value is -3.85. The van der Waals surface area contributed by atoms with Crippen LogP contribution in [0.3, 0.4) is 0 Å². The van der Waals surface area contributed by atoms with E-state index in [2.05, 4.69) is 65.7 Å². The van der Waals surface area contributed by atoms with Crippen molar-refractivity contribution in [3.63, 3.8) is 0 Å². The van der Waals surface area contributed by atoms with Crippen molar-refractivity contribution in [3.8, 4) is 11.1 Å². The predicted molar refractivity (Wildman–Crippen MR) is 170 cm³/mol. The first-order chi connectivity index (χ1) is 21.6. The van der Waals surface area contributed by atoms with Gasteiger partial charge in [-0.3, -0.25) is 9.69 Å². The smallest absolute Gasteiger partial charge is 0.251 e. The fourth-order valence-corrected chi connectivity index (χ4v) is 5.93. The zero-order valence-electron chi connectivity index (χ0n) is 25.1. The number of carbonyl (C=O) groups excluding carboxylic acids is 1. The topological polar surface area (TPSA) is 80.3 Å². The Bertz CT molecular complexity index is 1500. The molecule has 0 aromatic heterocycles. The highest BCUT2D eigenvalue weighted by Crippen LogP contribution is 2.42. The zero-order valence-corrected chi connectivity index (χ0v) is 25.1.